The van der Waals surface area contributed by atoms with E-state index >= 15 is 0 Å². The molecule has 10 heteroatoms. The van der Waals surface area contributed by atoms with Crippen LogP contribution in [0.15, 0.2) is 30.5 Å². The lowest BCUT2D eigenvalue weighted by molar-refractivity contribution is -0.165. The van der Waals surface area contributed by atoms with Gasteiger partial charge in [0.15, 0.2) is 12.2 Å². The van der Waals surface area contributed by atoms with Gasteiger partial charge in [-0.3, -0.25) is 0 Å². The first-order valence-corrected chi connectivity index (χ1v) is 8.55. The summed E-state index contributed by atoms with van der Waals surface area (Å²) in [7, 11) is 0. The van der Waals surface area contributed by atoms with Gasteiger partial charge in [-0.1, -0.05) is 19.9 Å². The second-order valence-corrected chi connectivity index (χ2v) is 6.29. The van der Waals surface area contributed by atoms with Crippen molar-refractivity contribution in [1.29, 1.82) is 0 Å². The first-order chi connectivity index (χ1) is 13.1. The van der Waals surface area contributed by atoms with Crippen molar-refractivity contribution in [2.45, 2.75) is 38.2 Å². The number of aliphatic hydroxyl groups is 3. The number of hydrogen-bond acceptors (Lipinski definition) is 7. The van der Waals surface area contributed by atoms with Gasteiger partial charge in [-0.05, 0) is 18.2 Å². The molecule has 0 saturated heterocycles. The summed E-state index contributed by atoms with van der Waals surface area (Å²) in [4.78, 5) is 22.7. The van der Waals surface area contributed by atoms with E-state index in [9.17, 15) is 14.7 Å². The van der Waals surface area contributed by atoms with Crippen molar-refractivity contribution < 1.29 is 39.9 Å². The van der Waals surface area contributed by atoms with E-state index in [-0.39, 0.29) is 0 Å². The second kappa shape index (κ2) is 11.2. The summed E-state index contributed by atoms with van der Waals surface area (Å²) in [5.74, 6) is -2.73. The van der Waals surface area contributed by atoms with Crippen LogP contribution in [0, 0.1) is 0 Å². The summed E-state index contributed by atoms with van der Waals surface area (Å²) in [6.07, 6.45) is -3.15. The van der Waals surface area contributed by atoms with Crippen molar-refractivity contribution in [3.63, 3.8) is 0 Å². The summed E-state index contributed by atoms with van der Waals surface area (Å²) in [5.41, 5.74) is 1.04. The van der Waals surface area contributed by atoms with E-state index in [0.717, 1.165) is 16.7 Å². The largest absolute Gasteiger partial charge is 0.490 e. The molecule has 1 aromatic carbocycles. The molecule has 0 saturated carbocycles. The van der Waals surface area contributed by atoms with Crippen LogP contribution in [-0.2, 0) is 9.59 Å². The number of H-pyrrole nitrogens is 1. The standard InChI is InChI=1S/C14H20N2O2.C4H6O6/c1-10(2)16-8-11(17)9-18-14-5-3-4-13-12(14)6-7-15-13;5-1(3(7)8)2(6)4(9)10/h3-7,10-11,15-17H,8-9H2,1-2H3;1-2,5-6H,(H,7,8)(H,9,10). The number of carboxylic acid groups (broad SMARTS) is 2. The maximum absolute atomic E-state index is 9.79. The van der Waals surface area contributed by atoms with Gasteiger partial charge in [0.05, 0.1) is 0 Å². The number of hydrogen-bond donors (Lipinski definition) is 7. The summed E-state index contributed by atoms with van der Waals surface area (Å²) >= 11 is 0. The van der Waals surface area contributed by atoms with Crippen LogP contribution in [0.5, 0.6) is 5.75 Å². The molecule has 28 heavy (non-hydrogen) atoms. The van der Waals surface area contributed by atoms with Gasteiger partial charge in [-0.15, -0.1) is 0 Å². The third kappa shape index (κ3) is 7.53. The number of ether oxygens (including phenoxy) is 1. The smallest absolute Gasteiger partial charge is 0.335 e. The van der Waals surface area contributed by atoms with E-state index in [4.69, 9.17) is 25.2 Å². The van der Waals surface area contributed by atoms with E-state index in [0.29, 0.717) is 19.2 Å². The first-order valence-electron chi connectivity index (χ1n) is 8.55. The zero-order valence-corrected chi connectivity index (χ0v) is 15.6. The van der Waals surface area contributed by atoms with Crippen molar-refractivity contribution in [2.75, 3.05) is 13.2 Å². The molecule has 3 atom stereocenters. The Bertz CT molecular complexity index is 743. The highest BCUT2D eigenvalue weighted by atomic mass is 16.5. The lowest BCUT2D eigenvalue weighted by atomic mass is 10.2. The monoisotopic (exact) mass is 398 g/mol. The Balaban J connectivity index is 0.000000336. The number of aromatic nitrogens is 1. The Hall–Kier alpha value is -2.66. The minimum atomic E-state index is -2.27. The predicted octanol–water partition coefficient (Wildman–Crippen LogP) is -0.217. The van der Waals surface area contributed by atoms with Gasteiger partial charge in [0.2, 0.25) is 0 Å². The molecule has 156 valence electrons. The van der Waals surface area contributed by atoms with E-state index < -0.39 is 30.3 Å². The molecule has 3 unspecified atom stereocenters. The van der Waals surface area contributed by atoms with Crippen LogP contribution in [0.1, 0.15) is 13.8 Å². The quantitative estimate of drug-likeness (QED) is 0.301. The topological polar surface area (TPSA) is 172 Å². The van der Waals surface area contributed by atoms with Crippen molar-refractivity contribution in [3.05, 3.63) is 30.5 Å². The molecule has 0 amide bonds. The average molecular weight is 398 g/mol. The van der Waals surface area contributed by atoms with Gasteiger partial charge in [0.1, 0.15) is 18.5 Å². The molecule has 0 radical (unpaired) electrons. The highest BCUT2D eigenvalue weighted by Gasteiger charge is 2.29. The van der Waals surface area contributed by atoms with Crippen molar-refractivity contribution in [1.82, 2.24) is 10.3 Å². The molecule has 10 nitrogen and oxygen atoms in total. The second-order valence-electron chi connectivity index (χ2n) is 6.29. The summed E-state index contributed by atoms with van der Waals surface area (Å²) in [5, 5.41) is 46.5. The molecule has 0 aliphatic heterocycles. The molecule has 2 aromatic rings. The number of rotatable bonds is 9. The van der Waals surface area contributed by atoms with Gasteiger partial charge >= 0.3 is 11.9 Å². The maximum Gasteiger partial charge on any atom is 0.335 e. The van der Waals surface area contributed by atoms with Gasteiger partial charge in [-0.2, -0.15) is 0 Å². The molecule has 0 aliphatic rings. The number of aliphatic carboxylic acids is 2. The number of carboxylic acids is 2. The van der Waals surface area contributed by atoms with Crippen LogP contribution in [0.25, 0.3) is 10.9 Å². The fraction of sp³-hybridized carbons (Fsp3) is 0.444. The maximum atomic E-state index is 9.79. The molecule has 0 bridgehead atoms. The van der Waals surface area contributed by atoms with Crippen LogP contribution in [-0.4, -0.2) is 80.0 Å². The highest BCUT2D eigenvalue weighted by Crippen LogP contribution is 2.24. The molecular formula is C18H26N2O8. The predicted molar refractivity (Wildman–Crippen MR) is 100 cm³/mol. The van der Waals surface area contributed by atoms with Crippen molar-refractivity contribution in [3.8, 4) is 5.75 Å². The minimum absolute atomic E-state index is 0.296. The Morgan fingerprint density at radius 2 is 1.68 bits per heavy atom. The van der Waals surface area contributed by atoms with Gasteiger partial charge in [0.25, 0.3) is 0 Å². The van der Waals surface area contributed by atoms with E-state index in [2.05, 4.69) is 10.3 Å². The van der Waals surface area contributed by atoms with Crippen LogP contribution < -0.4 is 10.1 Å². The third-order valence-corrected chi connectivity index (χ3v) is 3.55. The SMILES string of the molecule is CC(C)NCC(O)COc1cccc2[nH]ccc12.O=C(O)C(O)C(O)C(=O)O. The molecule has 2 rings (SSSR count). The average Bonchev–Trinajstić information content (AvgIpc) is 3.13. The fourth-order valence-electron chi connectivity index (χ4n) is 2.07. The molecular weight excluding hydrogens is 372 g/mol. The van der Waals surface area contributed by atoms with Crippen LogP contribution >= 0.6 is 0 Å². The molecule has 7 N–H and O–H groups in total. The lowest BCUT2D eigenvalue weighted by Crippen LogP contribution is -2.39. The molecule has 1 heterocycles. The minimum Gasteiger partial charge on any atom is -0.490 e. The molecule has 0 aliphatic carbocycles. The molecule has 0 fully saturated rings. The zero-order valence-electron chi connectivity index (χ0n) is 15.6. The first kappa shape index (κ1) is 23.4. The summed E-state index contributed by atoms with van der Waals surface area (Å²) < 4.78 is 5.66. The van der Waals surface area contributed by atoms with E-state index in [1.807, 2.05) is 44.3 Å². The van der Waals surface area contributed by atoms with Crippen LogP contribution in [0.2, 0.25) is 0 Å². The number of nitrogens with one attached hydrogen (secondary N) is 2. The Kier molecular flexibility index (Phi) is 9.39. The third-order valence-electron chi connectivity index (χ3n) is 3.55. The Morgan fingerprint density at radius 1 is 1.07 bits per heavy atom. The normalized spacial score (nSPS) is 14.1. The van der Waals surface area contributed by atoms with Crippen molar-refractivity contribution >= 4 is 22.8 Å². The van der Waals surface area contributed by atoms with Gasteiger partial charge in [0, 0.05) is 29.7 Å². The Morgan fingerprint density at radius 3 is 2.21 bits per heavy atom. The summed E-state index contributed by atoms with van der Waals surface area (Å²) in [6, 6.07) is 8.20. The molecule has 1 aromatic heterocycles. The number of fused-ring (bicyclic) bond motifs is 1. The van der Waals surface area contributed by atoms with Crippen LogP contribution in [0.3, 0.4) is 0 Å². The van der Waals surface area contributed by atoms with E-state index in [1.165, 1.54) is 0 Å². The fourth-order valence-corrected chi connectivity index (χ4v) is 2.07. The van der Waals surface area contributed by atoms with Crippen molar-refractivity contribution in [2.24, 2.45) is 0 Å². The lowest BCUT2D eigenvalue weighted by Gasteiger charge is -2.15. The number of aromatic amines is 1. The summed E-state index contributed by atoms with van der Waals surface area (Å²) in [6.45, 7) is 4.94. The number of benzene rings is 1. The van der Waals surface area contributed by atoms with Crippen LogP contribution in [0.4, 0.5) is 0 Å². The molecule has 0 spiro atoms. The highest BCUT2D eigenvalue weighted by molar-refractivity contribution is 5.85. The number of carbonyl (C=O) groups is 2. The Labute approximate surface area is 161 Å². The zero-order chi connectivity index (χ0) is 21.3. The number of aliphatic hydroxyl groups excluding tert-OH is 3. The van der Waals surface area contributed by atoms with E-state index in [1.54, 1.807) is 0 Å². The van der Waals surface area contributed by atoms with Gasteiger partial charge < -0.3 is 40.6 Å². The van der Waals surface area contributed by atoms with Gasteiger partial charge in [-0.25, -0.2) is 9.59 Å².